The third-order valence-corrected chi connectivity index (χ3v) is 5.14. The molecule has 4 rings (SSSR count). The van der Waals surface area contributed by atoms with Crippen molar-refractivity contribution in [1.82, 2.24) is 20.0 Å². The first-order valence-electron chi connectivity index (χ1n) is 9.82. The molecule has 29 heavy (non-hydrogen) atoms. The standard InChI is InChI=1S/C22H26N6O/c1-23-22(24-17-18-6-4-7-19(16-18)28-11-5-10-25-28)27-14-12-26(13-15-27)20-8-2-3-9-21(20)29/h2-11,16,29H,12-15,17H2,1H3,(H,23,24). The minimum atomic E-state index is 0.334. The third-order valence-electron chi connectivity index (χ3n) is 5.14. The molecule has 1 aliphatic rings. The molecule has 2 N–H and O–H groups in total. The zero-order valence-electron chi connectivity index (χ0n) is 16.6. The predicted molar refractivity (Wildman–Crippen MR) is 116 cm³/mol. The Morgan fingerprint density at radius 3 is 2.62 bits per heavy atom. The molecular weight excluding hydrogens is 364 g/mol. The number of aromatic nitrogens is 2. The summed E-state index contributed by atoms with van der Waals surface area (Å²) in [7, 11) is 1.82. The zero-order chi connectivity index (χ0) is 20.1. The van der Waals surface area contributed by atoms with Crippen molar-refractivity contribution in [2.24, 2.45) is 4.99 Å². The molecule has 0 radical (unpaired) electrons. The maximum absolute atomic E-state index is 10.1. The van der Waals surface area contributed by atoms with Crippen LogP contribution in [0.4, 0.5) is 5.69 Å². The number of nitrogens with one attached hydrogen (secondary N) is 1. The molecule has 0 unspecified atom stereocenters. The Bertz CT molecular complexity index is 961. The fourth-order valence-corrected chi connectivity index (χ4v) is 3.63. The van der Waals surface area contributed by atoms with Gasteiger partial charge in [0.25, 0.3) is 0 Å². The topological polar surface area (TPSA) is 68.9 Å². The summed E-state index contributed by atoms with van der Waals surface area (Å²) in [6, 6.07) is 17.7. The van der Waals surface area contributed by atoms with Gasteiger partial charge in [-0.25, -0.2) is 4.68 Å². The SMILES string of the molecule is CN=C(NCc1cccc(-n2cccn2)c1)N1CCN(c2ccccc2O)CC1. The highest BCUT2D eigenvalue weighted by Gasteiger charge is 2.21. The Hall–Kier alpha value is -3.48. The zero-order valence-corrected chi connectivity index (χ0v) is 16.6. The number of benzene rings is 2. The van der Waals surface area contributed by atoms with Crippen LogP contribution in [0.5, 0.6) is 5.75 Å². The molecule has 1 aliphatic heterocycles. The van der Waals surface area contributed by atoms with Crippen molar-refractivity contribution in [3.05, 3.63) is 72.6 Å². The fourth-order valence-electron chi connectivity index (χ4n) is 3.63. The van der Waals surface area contributed by atoms with Crippen LogP contribution < -0.4 is 10.2 Å². The Labute approximate surface area is 170 Å². The van der Waals surface area contributed by atoms with Crippen molar-refractivity contribution >= 4 is 11.6 Å². The molecule has 3 aromatic rings. The summed E-state index contributed by atoms with van der Waals surface area (Å²) in [6.07, 6.45) is 3.72. The van der Waals surface area contributed by atoms with E-state index in [0.717, 1.165) is 43.5 Å². The first-order chi connectivity index (χ1) is 14.2. The smallest absolute Gasteiger partial charge is 0.194 e. The second-order valence-electron chi connectivity index (χ2n) is 6.98. The van der Waals surface area contributed by atoms with Crippen LogP contribution in [0.2, 0.25) is 0 Å². The van der Waals surface area contributed by atoms with Crippen LogP contribution in [0.1, 0.15) is 5.56 Å². The minimum Gasteiger partial charge on any atom is -0.506 e. The van der Waals surface area contributed by atoms with Gasteiger partial charge in [-0.2, -0.15) is 5.10 Å². The van der Waals surface area contributed by atoms with Gasteiger partial charge in [0.2, 0.25) is 0 Å². The van der Waals surface area contributed by atoms with Gasteiger partial charge >= 0.3 is 0 Å². The van der Waals surface area contributed by atoms with Crippen LogP contribution in [0, 0.1) is 0 Å². The number of anilines is 1. The van der Waals surface area contributed by atoms with Crippen LogP contribution in [-0.2, 0) is 6.54 Å². The highest BCUT2D eigenvalue weighted by atomic mass is 16.3. The molecule has 1 aromatic heterocycles. The van der Waals surface area contributed by atoms with Gasteiger partial charge in [0, 0.05) is 52.2 Å². The quantitative estimate of drug-likeness (QED) is 0.529. The number of hydrogen-bond acceptors (Lipinski definition) is 4. The molecule has 0 atom stereocenters. The summed E-state index contributed by atoms with van der Waals surface area (Å²) in [5.41, 5.74) is 3.11. The second kappa shape index (κ2) is 8.68. The number of aliphatic imine (C=N–C) groups is 1. The summed E-state index contributed by atoms with van der Waals surface area (Å²) >= 11 is 0. The lowest BCUT2D eigenvalue weighted by Crippen LogP contribution is -2.52. The van der Waals surface area contributed by atoms with Gasteiger partial charge in [0.05, 0.1) is 11.4 Å². The number of phenols is 1. The number of piperazine rings is 1. The van der Waals surface area contributed by atoms with Crippen LogP contribution in [0.3, 0.4) is 0 Å². The first kappa shape index (κ1) is 18.9. The van der Waals surface area contributed by atoms with Gasteiger partial charge in [-0.3, -0.25) is 4.99 Å². The predicted octanol–water partition coefficient (Wildman–Crippen LogP) is 2.48. The number of hydrogen-bond donors (Lipinski definition) is 2. The van der Waals surface area contributed by atoms with Crippen molar-refractivity contribution in [1.29, 1.82) is 0 Å². The lowest BCUT2D eigenvalue weighted by Gasteiger charge is -2.37. The monoisotopic (exact) mass is 390 g/mol. The molecule has 7 heteroatoms. The van der Waals surface area contributed by atoms with Crippen LogP contribution >= 0.6 is 0 Å². The minimum absolute atomic E-state index is 0.334. The largest absolute Gasteiger partial charge is 0.506 e. The van der Waals surface area contributed by atoms with Crippen molar-refractivity contribution in [2.45, 2.75) is 6.54 Å². The average Bonchev–Trinajstić information content (AvgIpc) is 3.30. The second-order valence-corrected chi connectivity index (χ2v) is 6.98. The Balaban J connectivity index is 1.35. The maximum atomic E-state index is 10.1. The van der Waals surface area contributed by atoms with Gasteiger partial charge in [0.1, 0.15) is 5.75 Å². The van der Waals surface area contributed by atoms with Crippen LogP contribution in [0.15, 0.2) is 72.0 Å². The van der Waals surface area contributed by atoms with Gasteiger partial charge in [0.15, 0.2) is 5.96 Å². The first-order valence-corrected chi connectivity index (χ1v) is 9.82. The third kappa shape index (κ3) is 4.34. The lowest BCUT2D eigenvalue weighted by atomic mass is 10.2. The van der Waals surface area contributed by atoms with E-state index >= 15 is 0 Å². The molecule has 1 fully saturated rings. The van der Waals surface area contributed by atoms with E-state index in [1.165, 1.54) is 5.56 Å². The van der Waals surface area contributed by atoms with Crippen LogP contribution in [0.25, 0.3) is 5.69 Å². The Morgan fingerprint density at radius 2 is 1.90 bits per heavy atom. The van der Waals surface area contributed by atoms with Gasteiger partial charge in [-0.15, -0.1) is 0 Å². The molecule has 7 nitrogen and oxygen atoms in total. The Morgan fingerprint density at radius 1 is 1.07 bits per heavy atom. The number of phenolic OH excluding ortho intramolecular Hbond substituents is 1. The molecule has 0 amide bonds. The number of rotatable bonds is 4. The van der Waals surface area contributed by atoms with E-state index in [4.69, 9.17) is 0 Å². The van der Waals surface area contributed by atoms with E-state index in [0.29, 0.717) is 12.3 Å². The van der Waals surface area contributed by atoms with Gasteiger partial charge < -0.3 is 20.2 Å². The molecule has 2 heterocycles. The van der Waals surface area contributed by atoms with Crippen LogP contribution in [-0.4, -0.2) is 59.0 Å². The van der Waals surface area contributed by atoms with Crippen molar-refractivity contribution in [3.8, 4) is 11.4 Å². The van der Waals surface area contributed by atoms with Gasteiger partial charge in [-0.05, 0) is 35.9 Å². The normalized spacial score (nSPS) is 14.9. The molecule has 0 aliphatic carbocycles. The molecule has 150 valence electrons. The molecule has 0 spiro atoms. The number of nitrogens with zero attached hydrogens (tertiary/aromatic N) is 5. The highest BCUT2D eigenvalue weighted by molar-refractivity contribution is 5.80. The molecular formula is C22H26N6O. The molecule has 0 saturated carbocycles. The molecule has 1 saturated heterocycles. The summed E-state index contributed by atoms with van der Waals surface area (Å²) in [5, 5.41) is 17.9. The summed E-state index contributed by atoms with van der Waals surface area (Å²) < 4.78 is 1.86. The van der Waals surface area contributed by atoms with E-state index < -0.39 is 0 Å². The average molecular weight is 390 g/mol. The van der Waals surface area contributed by atoms with E-state index in [9.17, 15) is 5.11 Å². The Kier molecular flexibility index (Phi) is 5.65. The molecule has 0 bridgehead atoms. The fraction of sp³-hybridized carbons (Fsp3) is 0.273. The van der Waals surface area contributed by atoms with Gasteiger partial charge in [-0.1, -0.05) is 24.3 Å². The summed E-state index contributed by atoms with van der Waals surface area (Å²) in [6.45, 7) is 4.07. The lowest BCUT2D eigenvalue weighted by molar-refractivity contribution is 0.369. The summed E-state index contributed by atoms with van der Waals surface area (Å²) in [5.74, 6) is 1.23. The summed E-state index contributed by atoms with van der Waals surface area (Å²) in [4.78, 5) is 8.93. The van der Waals surface area contributed by atoms with Crippen molar-refractivity contribution in [3.63, 3.8) is 0 Å². The maximum Gasteiger partial charge on any atom is 0.194 e. The molecule has 2 aromatic carbocycles. The van der Waals surface area contributed by atoms with Crippen molar-refractivity contribution < 1.29 is 5.11 Å². The highest BCUT2D eigenvalue weighted by Crippen LogP contribution is 2.27. The van der Waals surface area contributed by atoms with Crippen molar-refractivity contribution in [2.75, 3.05) is 38.1 Å². The van der Waals surface area contributed by atoms with E-state index in [2.05, 4.69) is 37.3 Å². The number of guanidine groups is 1. The number of para-hydroxylation sites is 2. The number of aromatic hydroxyl groups is 1. The van der Waals surface area contributed by atoms with E-state index in [1.807, 2.05) is 54.3 Å². The van der Waals surface area contributed by atoms with E-state index in [1.54, 1.807) is 12.3 Å². The van der Waals surface area contributed by atoms with E-state index in [-0.39, 0.29) is 0 Å².